The molecule has 0 fully saturated rings. The van der Waals surface area contributed by atoms with Gasteiger partial charge in [-0.3, -0.25) is 4.79 Å². The number of rotatable bonds is 20. The van der Waals surface area contributed by atoms with E-state index in [1.54, 1.807) is 19.2 Å². The number of unbranched alkanes of at least 4 members (excludes halogenated alkanes) is 11. The Hall–Kier alpha value is -0.480. The van der Waals surface area contributed by atoms with Gasteiger partial charge in [-0.2, -0.15) is 0 Å². The van der Waals surface area contributed by atoms with Crippen LogP contribution in [-0.2, 0) is 13.7 Å². The van der Waals surface area contributed by atoms with Gasteiger partial charge in [0.1, 0.15) is 0 Å². The third-order valence-corrected chi connectivity index (χ3v) is 5.04. The minimum absolute atomic E-state index is 0.0279. The molecule has 26 heavy (non-hydrogen) atoms. The summed E-state index contributed by atoms with van der Waals surface area (Å²) in [5.74, 6) is 1.10. The molecule has 0 N–H and O–H groups in total. The van der Waals surface area contributed by atoms with Crippen molar-refractivity contribution in [3.63, 3.8) is 0 Å². The molecule has 0 atom stereocenters. The molecule has 154 valence electrons. The van der Waals surface area contributed by atoms with Crippen molar-refractivity contribution in [3.05, 3.63) is 12.2 Å². The largest absolute Gasteiger partial charge is 0.466 e. The van der Waals surface area contributed by atoms with Gasteiger partial charge in [0.15, 0.2) is 0 Å². The first-order valence-electron chi connectivity index (χ1n) is 10.8. The van der Waals surface area contributed by atoms with Crippen molar-refractivity contribution in [2.75, 3.05) is 19.5 Å². The molecular formula is C22H42O3S. The lowest BCUT2D eigenvalue weighted by Crippen LogP contribution is -2.04. The molecule has 0 aliphatic heterocycles. The van der Waals surface area contributed by atoms with Crippen molar-refractivity contribution >= 4 is 18.0 Å². The van der Waals surface area contributed by atoms with Crippen LogP contribution < -0.4 is 0 Å². The quantitative estimate of drug-likeness (QED) is 0.0955. The van der Waals surface area contributed by atoms with E-state index in [1.807, 2.05) is 6.92 Å². The molecule has 4 heteroatoms. The number of carbonyl (C=O) groups excluding carboxylic acids is 1. The van der Waals surface area contributed by atoms with E-state index in [0.29, 0.717) is 13.0 Å². The number of carbonyl (C=O) groups is 1. The van der Waals surface area contributed by atoms with Crippen LogP contribution in [-0.4, -0.2) is 25.4 Å². The summed E-state index contributed by atoms with van der Waals surface area (Å²) < 4.78 is 10.0. The van der Waals surface area contributed by atoms with E-state index in [0.717, 1.165) is 25.0 Å². The predicted octanol–water partition coefficient (Wildman–Crippen LogP) is 7.25. The van der Waals surface area contributed by atoms with Gasteiger partial charge < -0.3 is 8.92 Å². The average molecular weight is 387 g/mol. The summed E-state index contributed by atoms with van der Waals surface area (Å²) in [6.07, 6.45) is 22.6. The second-order valence-corrected chi connectivity index (χ2v) is 7.87. The van der Waals surface area contributed by atoms with Crippen molar-refractivity contribution in [1.82, 2.24) is 0 Å². The van der Waals surface area contributed by atoms with E-state index < -0.39 is 0 Å². The van der Waals surface area contributed by atoms with Gasteiger partial charge in [0.2, 0.25) is 0 Å². The maximum Gasteiger partial charge on any atom is 0.305 e. The van der Waals surface area contributed by atoms with Crippen LogP contribution in [0.2, 0.25) is 0 Å². The fourth-order valence-electron chi connectivity index (χ4n) is 2.80. The number of esters is 1. The van der Waals surface area contributed by atoms with Gasteiger partial charge >= 0.3 is 5.97 Å². The first kappa shape index (κ1) is 25.5. The molecule has 0 bridgehead atoms. The van der Waals surface area contributed by atoms with Crippen LogP contribution in [0, 0.1) is 0 Å². The summed E-state index contributed by atoms with van der Waals surface area (Å²) in [4.78, 5) is 11.3. The summed E-state index contributed by atoms with van der Waals surface area (Å²) >= 11 is 1.57. The molecule has 0 aromatic heterocycles. The van der Waals surface area contributed by atoms with E-state index in [1.165, 1.54) is 70.6 Å². The average Bonchev–Trinajstić information content (AvgIpc) is 2.65. The number of hydrogen-bond donors (Lipinski definition) is 0. The molecule has 0 aromatic rings. The Morgan fingerprint density at radius 3 is 1.92 bits per heavy atom. The lowest BCUT2D eigenvalue weighted by atomic mass is 10.1. The molecule has 0 spiro atoms. The van der Waals surface area contributed by atoms with E-state index in [2.05, 4.69) is 12.2 Å². The summed E-state index contributed by atoms with van der Waals surface area (Å²) in [5.41, 5.74) is 0. The molecule has 0 radical (unpaired) electrons. The maximum absolute atomic E-state index is 11.3. The van der Waals surface area contributed by atoms with Gasteiger partial charge in [-0.1, -0.05) is 64.0 Å². The Kier molecular flexibility index (Phi) is 22.1. The second kappa shape index (κ2) is 22.6. The summed E-state index contributed by atoms with van der Waals surface area (Å²) in [6.45, 7) is 2.59. The minimum atomic E-state index is -0.0279. The fourth-order valence-corrected chi connectivity index (χ4v) is 3.29. The maximum atomic E-state index is 11.3. The highest BCUT2D eigenvalue weighted by Crippen LogP contribution is 2.11. The number of ether oxygens (including phenoxy) is 1. The summed E-state index contributed by atoms with van der Waals surface area (Å²) in [7, 11) is 1.74. The van der Waals surface area contributed by atoms with Gasteiger partial charge in [0, 0.05) is 12.2 Å². The molecule has 0 rings (SSSR count). The molecule has 3 nitrogen and oxygen atoms in total. The van der Waals surface area contributed by atoms with E-state index in [-0.39, 0.29) is 5.97 Å². The lowest BCUT2D eigenvalue weighted by Gasteiger charge is -2.03. The van der Waals surface area contributed by atoms with Crippen LogP contribution in [0.5, 0.6) is 0 Å². The highest BCUT2D eigenvalue weighted by atomic mass is 32.2. The smallest absolute Gasteiger partial charge is 0.305 e. The third-order valence-electron chi connectivity index (χ3n) is 4.35. The van der Waals surface area contributed by atoms with E-state index in [4.69, 9.17) is 8.92 Å². The fraction of sp³-hybridized carbons (Fsp3) is 0.864. The Balaban J connectivity index is 3.14. The van der Waals surface area contributed by atoms with Crippen molar-refractivity contribution in [2.24, 2.45) is 0 Å². The van der Waals surface area contributed by atoms with Crippen molar-refractivity contribution in [2.45, 2.75) is 103 Å². The number of hydrogen-bond acceptors (Lipinski definition) is 4. The second-order valence-electron chi connectivity index (χ2n) is 6.90. The molecule has 0 aliphatic carbocycles. The summed E-state index contributed by atoms with van der Waals surface area (Å²) in [6, 6.07) is 0. The molecule has 0 aliphatic rings. The minimum Gasteiger partial charge on any atom is -0.466 e. The Morgan fingerprint density at radius 1 is 0.808 bits per heavy atom. The monoisotopic (exact) mass is 386 g/mol. The highest BCUT2D eigenvalue weighted by Gasteiger charge is 2.01. The molecule has 0 amide bonds. The van der Waals surface area contributed by atoms with Crippen LogP contribution in [0.15, 0.2) is 12.2 Å². The lowest BCUT2D eigenvalue weighted by molar-refractivity contribution is -0.143. The molecule has 0 saturated carbocycles. The van der Waals surface area contributed by atoms with Crippen molar-refractivity contribution in [3.8, 4) is 0 Å². The zero-order valence-electron chi connectivity index (χ0n) is 17.3. The first-order chi connectivity index (χ1) is 12.8. The van der Waals surface area contributed by atoms with Crippen LogP contribution in [0.3, 0.4) is 0 Å². The van der Waals surface area contributed by atoms with Crippen LogP contribution >= 0.6 is 12.0 Å². The zero-order valence-corrected chi connectivity index (χ0v) is 18.1. The summed E-state index contributed by atoms with van der Waals surface area (Å²) in [5, 5.41) is 0. The highest BCUT2D eigenvalue weighted by molar-refractivity contribution is 7.94. The van der Waals surface area contributed by atoms with Gasteiger partial charge in [0.25, 0.3) is 0 Å². The van der Waals surface area contributed by atoms with E-state index >= 15 is 0 Å². The molecule has 0 saturated heterocycles. The topological polar surface area (TPSA) is 35.5 Å². The Labute approximate surface area is 166 Å². The van der Waals surface area contributed by atoms with Crippen molar-refractivity contribution in [1.29, 1.82) is 0 Å². The van der Waals surface area contributed by atoms with Crippen LogP contribution in [0.4, 0.5) is 0 Å². The third kappa shape index (κ3) is 21.6. The van der Waals surface area contributed by atoms with Crippen molar-refractivity contribution < 1.29 is 13.7 Å². The molecule has 0 heterocycles. The normalized spacial score (nSPS) is 11.3. The zero-order chi connectivity index (χ0) is 19.1. The van der Waals surface area contributed by atoms with Crippen LogP contribution in [0.25, 0.3) is 0 Å². The predicted molar refractivity (Wildman–Crippen MR) is 114 cm³/mol. The van der Waals surface area contributed by atoms with Gasteiger partial charge in [-0.15, -0.1) is 0 Å². The molecule has 0 aromatic carbocycles. The van der Waals surface area contributed by atoms with Gasteiger partial charge in [0.05, 0.1) is 13.7 Å². The van der Waals surface area contributed by atoms with Crippen LogP contribution in [0.1, 0.15) is 103 Å². The Morgan fingerprint density at radius 2 is 1.35 bits per heavy atom. The SMILES string of the molecule is CCCOC(=O)CCCCCCC/C=C\CCCCCCCCSOC. The van der Waals surface area contributed by atoms with Gasteiger partial charge in [-0.25, -0.2) is 0 Å². The molecule has 0 unspecified atom stereocenters. The standard InChI is InChI=1S/C22H42O3S/c1-3-20-25-22(23)19-17-15-13-11-9-7-5-4-6-8-10-12-14-16-18-21-26-24-2/h4-5H,3,6-21H2,1-2H3/b5-4-. The first-order valence-corrected chi connectivity index (χ1v) is 11.7. The molecular weight excluding hydrogens is 344 g/mol. The Bertz CT molecular complexity index is 319. The van der Waals surface area contributed by atoms with E-state index in [9.17, 15) is 4.79 Å². The van der Waals surface area contributed by atoms with Gasteiger partial charge in [-0.05, 0) is 57.0 Å². The number of allylic oxidation sites excluding steroid dienone is 2.